The third kappa shape index (κ3) is 5.93. The average Bonchev–Trinajstić information content (AvgIpc) is 3.43. The average molecular weight is 585 g/mol. The molecular weight excluding hydrogens is 551 g/mol. The zero-order valence-corrected chi connectivity index (χ0v) is 24.0. The van der Waals surface area contributed by atoms with Crippen LogP contribution in [0, 0.1) is 12.7 Å². The second-order valence-electron chi connectivity index (χ2n) is 10.9. The van der Waals surface area contributed by atoms with E-state index < -0.39 is 11.8 Å². The number of hydrogen-bond donors (Lipinski definition) is 1. The summed E-state index contributed by atoms with van der Waals surface area (Å²) in [7, 11) is 0. The van der Waals surface area contributed by atoms with Crippen molar-refractivity contribution in [3.05, 3.63) is 105 Å². The van der Waals surface area contributed by atoms with Crippen LogP contribution in [0.5, 0.6) is 0 Å². The van der Waals surface area contributed by atoms with Crippen LogP contribution in [0.2, 0.25) is 0 Å². The van der Waals surface area contributed by atoms with Crippen LogP contribution < -0.4 is 0 Å². The first-order valence-electron chi connectivity index (χ1n) is 14.4. The first-order valence-corrected chi connectivity index (χ1v) is 14.4. The van der Waals surface area contributed by atoms with Gasteiger partial charge in [0.15, 0.2) is 0 Å². The lowest BCUT2D eigenvalue weighted by atomic mass is 9.83. The van der Waals surface area contributed by atoms with Crippen LogP contribution in [-0.2, 0) is 40.4 Å². The first kappa shape index (κ1) is 28.7. The quantitative estimate of drug-likeness (QED) is 0.283. The van der Waals surface area contributed by atoms with Crippen molar-refractivity contribution in [2.45, 2.75) is 45.4 Å². The maximum atomic E-state index is 15.1. The molecule has 5 aliphatic heterocycles. The molecular formula is C33H33FN4O5. The summed E-state index contributed by atoms with van der Waals surface area (Å²) in [5.41, 5.74) is 7.07. The van der Waals surface area contributed by atoms with E-state index in [0.29, 0.717) is 38.2 Å². The molecule has 6 heterocycles. The van der Waals surface area contributed by atoms with E-state index in [0.717, 1.165) is 38.9 Å². The zero-order chi connectivity index (χ0) is 29.9. The molecule has 9 bridgehead atoms. The fraction of sp³-hybridized carbons (Fsp3) is 0.333. The summed E-state index contributed by atoms with van der Waals surface area (Å²) < 4.78 is 27.9. The number of halogens is 1. The normalized spacial score (nSPS) is 17.8. The van der Waals surface area contributed by atoms with Gasteiger partial charge in [-0.2, -0.15) is 0 Å². The molecule has 1 aromatic heterocycles. The molecule has 0 fully saturated rings. The van der Waals surface area contributed by atoms with E-state index >= 15 is 4.39 Å². The third-order valence-corrected chi connectivity index (χ3v) is 8.21. The van der Waals surface area contributed by atoms with Crippen molar-refractivity contribution in [1.82, 2.24) is 19.9 Å². The van der Waals surface area contributed by atoms with Crippen molar-refractivity contribution < 1.29 is 28.6 Å². The highest BCUT2D eigenvalue weighted by Gasteiger charge is 2.27. The molecule has 10 heteroatoms. The number of ether oxygens (including phenoxy) is 2. The zero-order valence-electron chi connectivity index (χ0n) is 24.0. The predicted octanol–water partition coefficient (Wildman–Crippen LogP) is 4.22. The maximum Gasteiger partial charge on any atom is 0.306 e. The van der Waals surface area contributed by atoms with E-state index in [-0.39, 0.29) is 43.6 Å². The molecule has 0 radical (unpaired) electrons. The Labute approximate surface area is 248 Å². The molecule has 0 saturated carbocycles. The molecule has 0 spiro atoms. The minimum absolute atomic E-state index is 0.0316. The Morgan fingerprint density at radius 1 is 1.14 bits per heavy atom. The van der Waals surface area contributed by atoms with Crippen LogP contribution in [0.15, 0.2) is 60.7 Å². The van der Waals surface area contributed by atoms with E-state index in [9.17, 15) is 14.7 Å². The Balaban J connectivity index is 1.43. The summed E-state index contributed by atoms with van der Waals surface area (Å²) in [6.45, 7) is 3.49. The number of allylic oxidation sites excluding steroid dienone is 1. The lowest BCUT2D eigenvalue weighted by Gasteiger charge is -2.30. The number of nitrogens with zero attached hydrogens (tertiary/aromatic N) is 4. The first-order chi connectivity index (χ1) is 20.9. The SMILES string of the molecule is Cc1c2ccc3c1nnn3C/C=C/COCc1ccc(c(F)c1)C(=O)N1CCc3ccc(cc3C1)C2CC(=O)OCCO. The number of aryl methyl sites for hydroxylation is 1. The number of carbonyl (C=O) groups excluding carboxylic acids is 2. The van der Waals surface area contributed by atoms with E-state index in [1.54, 1.807) is 15.6 Å². The number of hydrogen-bond acceptors (Lipinski definition) is 7. The molecule has 1 atom stereocenters. The number of rotatable bonds is 4. The molecule has 0 saturated heterocycles. The Hall–Kier alpha value is -4.41. The fourth-order valence-corrected chi connectivity index (χ4v) is 5.93. The van der Waals surface area contributed by atoms with Crippen LogP contribution in [0.1, 0.15) is 56.1 Å². The van der Waals surface area contributed by atoms with Gasteiger partial charge in [-0.3, -0.25) is 9.59 Å². The van der Waals surface area contributed by atoms with Gasteiger partial charge >= 0.3 is 5.97 Å². The Kier molecular flexibility index (Phi) is 8.31. The predicted molar refractivity (Wildman–Crippen MR) is 157 cm³/mol. The van der Waals surface area contributed by atoms with Gasteiger partial charge in [-0.15, -0.1) is 5.10 Å². The number of carbonyl (C=O) groups is 2. The lowest BCUT2D eigenvalue weighted by Crippen LogP contribution is -2.36. The minimum Gasteiger partial charge on any atom is -0.463 e. The van der Waals surface area contributed by atoms with Gasteiger partial charge in [0.25, 0.3) is 5.91 Å². The molecule has 1 N–H and O–H groups in total. The molecule has 222 valence electrons. The van der Waals surface area contributed by atoms with Crippen LogP contribution in [0.3, 0.4) is 0 Å². The molecule has 0 aliphatic carbocycles. The second-order valence-corrected chi connectivity index (χ2v) is 10.9. The number of amides is 1. The summed E-state index contributed by atoms with van der Waals surface area (Å²) in [6, 6.07) is 14.7. The molecule has 3 aromatic carbocycles. The van der Waals surface area contributed by atoms with E-state index in [1.165, 1.54) is 12.1 Å². The highest BCUT2D eigenvalue weighted by Crippen LogP contribution is 2.35. The highest BCUT2D eigenvalue weighted by molar-refractivity contribution is 5.94. The summed E-state index contributed by atoms with van der Waals surface area (Å²) in [4.78, 5) is 28.0. The van der Waals surface area contributed by atoms with Gasteiger partial charge in [0, 0.05) is 19.0 Å². The molecule has 1 unspecified atom stereocenters. The fourth-order valence-electron chi connectivity index (χ4n) is 5.93. The minimum atomic E-state index is -0.571. The largest absolute Gasteiger partial charge is 0.463 e. The molecule has 43 heavy (non-hydrogen) atoms. The van der Waals surface area contributed by atoms with Gasteiger partial charge in [0.2, 0.25) is 0 Å². The van der Waals surface area contributed by atoms with Crippen molar-refractivity contribution in [3.63, 3.8) is 0 Å². The molecule has 9 rings (SSSR count). The topological polar surface area (TPSA) is 107 Å². The maximum absolute atomic E-state index is 15.1. The van der Waals surface area contributed by atoms with Gasteiger partial charge in [0.05, 0.1) is 43.9 Å². The van der Waals surface area contributed by atoms with Crippen molar-refractivity contribution in [2.24, 2.45) is 0 Å². The second kappa shape index (κ2) is 12.4. The monoisotopic (exact) mass is 584 g/mol. The van der Waals surface area contributed by atoms with E-state index in [4.69, 9.17) is 9.47 Å². The van der Waals surface area contributed by atoms with E-state index in [1.807, 2.05) is 49.4 Å². The highest BCUT2D eigenvalue weighted by atomic mass is 19.1. The van der Waals surface area contributed by atoms with Gasteiger partial charge in [-0.05, 0) is 64.9 Å². The Morgan fingerprint density at radius 3 is 2.86 bits per heavy atom. The van der Waals surface area contributed by atoms with Crippen molar-refractivity contribution >= 4 is 22.9 Å². The van der Waals surface area contributed by atoms with Crippen molar-refractivity contribution in [2.75, 3.05) is 26.4 Å². The van der Waals surface area contributed by atoms with Gasteiger partial charge in [0.1, 0.15) is 17.9 Å². The molecule has 5 aliphatic rings. The van der Waals surface area contributed by atoms with Gasteiger partial charge in [-0.1, -0.05) is 47.7 Å². The Bertz CT molecular complexity index is 1720. The van der Waals surface area contributed by atoms with E-state index in [2.05, 4.69) is 10.3 Å². The smallest absolute Gasteiger partial charge is 0.306 e. The van der Waals surface area contributed by atoms with Crippen LogP contribution in [0.25, 0.3) is 11.0 Å². The number of esters is 1. The number of benzene rings is 3. The van der Waals surface area contributed by atoms with Crippen molar-refractivity contribution in [3.8, 4) is 0 Å². The molecule has 4 aromatic rings. The number of aliphatic hydroxyl groups is 1. The van der Waals surface area contributed by atoms with Gasteiger partial charge in [-0.25, -0.2) is 9.07 Å². The van der Waals surface area contributed by atoms with Crippen LogP contribution >= 0.6 is 0 Å². The summed E-state index contributed by atoms with van der Waals surface area (Å²) >= 11 is 0. The lowest BCUT2D eigenvalue weighted by molar-refractivity contribution is -0.144. The Morgan fingerprint density at radius 2 is 2.02 bits per heavy atom. The summed E-state index contributed by atoms with van der Waals surface area (Å²) in [6.07, 6.45) is 4.50. The van der Waals surface area contributed by atoms with Crippen LogP contribution in [0.4, 0.5) is 4.39 Å². The van der Waals surface area contributed by atoms with Crippen molar-refractivity contribution in [1.29, 1.82) is 0 Å². The molecule has 1 amide bonds. The molecule has 9 nitrogen and oxygen atoms in total. The van der Waals surface area contributed by atoms with Gasteiger partial charge < -0.3 is 19.5 Å². The third-order valence-electron chi connectivity index (χ3n) is 8.21. The number of aromatic nitrogens is 3. The standard InChI is InChI=1S/C33H33FN4O5/c1-21-26-8-9-30-32(21)35-36-38(30)11-2-3-14-42-20-22-4-7-27(29(34)16-22)33(41)37-12-10-23-5-6-24(17-25(23)19-37)28(26)18-31(40)43-15-13-39/h2-9,16-17,28,39H,10-15,18-20H2,1H3/b3-2+. The number of aliphatic hydroxyl groups excluding tert-OH is 1. The summed E-state index contributed by atoms with van der Waals surface area (Å²) in [5.74, 6) is -1.72. The van der Waals surface area contributed by atoms with Crippen LogP contribution in [-0.4, -0.2) is 63.2 Å². The summed E-state index contributed by atoms with van der Waals surface area (Å²) in [5, 5.41) is 18.0.